The van der Waals surface area contributed by atoms with E-state index in [1.807, 2.05) is 0 Å². The molecule has 1 aliphatic carbocycles. The van der Waals surface area contributed by atoms with E-state index in [0.717, 1.165) is 6.42 Å². The molecule has 2 atom stereocenters. The average Bonchev–Trinajstić information content (AvgIpc) is 2.46. The molecule has 2 heteroatoms. The van der Waals surface area contributed by atoms with Gasteiger partial charge < -0.3 is 0 Å². The Bertz CT molecular complexity index is 286. The Morgan fingerprint density at radius 3 is 2.53 bits per heavy atom. The van der Waals surface area contributed by atoms with Crippen LogP contribution in [0, 0.1) is 0 Å². The Morgan fingerprint density at radius 1 is 1.00 bits per heavy atom. The fourth-order valence-corrected chi connectivity index (χ4v) is 4.67. The third kappa shape index (κ3) is 3.34. The Balaban J connectivity index is 1.97. The molecule has 15 heavy (non-hydrogen) atoms. The van der Waals surface area contributed by atoms with Gasteiger partial charge in [-0.05, 0) is 0 Å². The van der Waals surface area contributed by atoms with Crippen LogP contribution in [0.3, 0.4) is 0 Å². The first kappa shape index (κ1) is 11.2. The van der Waals surface area contributed by atoms with Crippen LogP contribution < -0.4 is 4.46 Å². The van der Waals surface area contributed by atoms with Crippen LogP contribution in [0.15, 0.2) is 30.3 Å². The number of aliphatic hydroxyl groups excluding tert-OH is 1. The van der Waals surface area contributed by atoms with Crippen LogP contribution in [0.2, 0.25) is 4.82 Å². The van der Waals surface area contributed by atoms with E-state index in [1.54, 1.807) is 0 Å². The summed E-state index contributed by atoms with van der Waals surface area (Å²) in [5.41, 5.74) is 0. The SMILES string of the molecule is O[C@H]1CCCCC[C@@H]1[Se]c1ccccc1. The van der Waals surface area contributed by atoms with Gasteiger partial charge in [0.05, 0.1) is 0 Å². The average molecular weight is 269 g/mol. The van der Waals surface area contributed by atoms with Crippen LogP contribution >= 0.6 is 0 Å². The minimum atomic E-state index is -0.0484. The molecule has 0 aliphatic heterocycles. The van der Waals surface area contributed by atoms with Gasteiger partial charge in [-0.25, -0.2) is 0 Å². The zero-order chi connectivity index (χ0) is 10.5. The molecule has 0 bridgehead atoms. The predicted octanol–water partition coefficient (Wildman–Crippen LogP) is 2.13. The van der Waals surface area contributed by atoms with E-state index >= 15 is 0 Å². The van der Waals surface area contributed by atoms with E-state index in [9.17, 15) is 5.11 Å². The van der Waals surface area contributed by atoms with Crippen molar-refractivity contribution in [3.05, 3.63) is 30.3 Å². The third-order valence-electron chi connectivity index (χ3n) is 2.95. The van der Waals surface area contributed by atoms with Crippen molar-refractivity contribution in [3.8, 4) is 0 Å². The van der Waals surface area contributed by atoms with E-state index in [-0.39, 0.29) is 6.10 Å². The number of rotatable bonds is 2. The first-order valence-electron chi connectivity index (χ1n) is 5.76. The van der Waals surface area contributed by atoms with E-state index in [2.05, 4.69) is 30.3 Å². The maximum absolute atomic E-state index is 10.0. The molecular weight excluding hydrogens is 251 g/mol. The van der Waals surface area contributed by atoms with Crippen LogP contribution in [0.1, 0.15) is 32.1 Å². The van der Waals surface area contributed by atoms with Crippen molar-refractivity contribution in [2.45, 2.75) is 43.0 Å². The van der Waals surface area contributed by atoms with Gasteiger partial charge >= 0.3 is 97.9 Å². The maximum atomic E-state index is 10.0. The number of hydrogen-bond acceptors (Lipinski definition) is 1. The van der Waals surface area contributed by atoms with Gasteiger partial charge in [-0.1, -0.05) is 0 Å². The van der Waals surface area contributed by atoms with Crippen LogP contribution in [0.5, 0.6) is 0 Å². The number of hydrogen-bond donors (Lipinski definition) is 1. The molecule has 1 aliphatic rings. The Hall–Kier alpha value is -0.301. The molecule has 82 valence electrons. The van der Waals surface area contributed by atoms with Gasteiger partial charge in [-0.15, -0.1) is 0 Å². The van der Waals surface area contributed by atoms with Gasteiger partial charge in [-0.2, -0.15) is 0 Å². The molecule has 2 rings (SSSR count). The molecule has 0 aromatic heterocycles. The summed E-state index contributed by atoms with van der Waals surface area (Å²) >= 11 is 0.449. The third-order valence-corrected chi connectivity index (χ3v) is 5.88. The molecule has 0 saturated heterocycles. The van der Waals surface area contributed by atoms with Crippen molar-refractivity contribution in [2.24, 2.45) is 0 Å². The van der Waals surface area contributed by atoms with Gasteiger partial charge in [0, 0.05) is 0 Å². The molecule has 0 heterocycles. The second-order valence-electron chi connectivity index (χ2n) is 4.17. The number of aliphatic hydroxyl groups is 1. The van der Waals surface area contributed by atoms with Crippen molar-refractivity contribution >= 4 is 19.4 Å². The summed E-state index contributed by atoms with van der Waals surface area (Å²) in [5, 5.41) is 10.0. The summed E-state index contributed by atoms with van der Waals surface area (Å²) in [5.74, 6) is 0. The quantitative estimate of drug-likeness (QED) is 0.644. The first-order valence-corrected chi connectivity index (χ1v) is 7.60. The summed E-state index contributed by atoms with van der Waals surface area (Å²) in [6.07, 6.45) is 6.00. The van der Waals surface area contributed by atoms with Crippen molar-refractivity contribution in [3.63, 3.8) is 0 Å². The Labute approximate surface area is 98.1 Å². The molecule has 1 N–H and O–H groups in total. The first-order chi connectivity index (χ1) is 7.36. The summed E-state index contributed by atoms with van der Waals surface area (Å²) in [6, 6.07) is 10.6. The van der Waals surface area contributed by atoms with Gasteiger partial charge in [0.25, 0.3) is 0 Å². The normalized spacial score (nSPS) is 27.3. The Kier molecular flexibility index (Phi) is 4.25. The van der Waals surface area contributed by atoms with E-state index in [4.69, 9.17) is 0 Å². The van der Waals surface area contributed by atoms with Crippen LogP contribution in [0.4, 0.5) is 0 Å². The van der Waals surface area contributed by atoms with Gasteiger partial charge in [0.15, 0.2) is 0 Å². The van der Waals surface area contributed by atoms with Crippen molar-refractivity contribution < 1.29 is 5.11 Å². The molecule has 0 spiro atoms. The van der Waals surface area contributed by atoms with Crippen molar-refractivity contribution in [1.82, 2.24) is 0 Å². The summed E-state index contributed by atoms with van der Waals surface area (Å²) in [7, 11) is 0. The monoisotopic (exact) mass is 270 g/mol. The standard InChI is InChI=1S/C13H18OSe/c14-12-9-5-2-6-10-13(12)15-11-7-3-1-4-8-11/h1,3-4,7-8,12-14H,2,5-6,9-10H2/t12-,13-/m0/s1. The molecule has 1 aromatic carbocycles. The summed E-state index contributed by atoms with van der Waals surface area (Å²) in [4.78, 5) is 0.544. The van der Waals surface area contributed by atoms with E-state index in [0.29, 0.717) is 19.8 Å². The second-order valence-corrected chi connectivity index (χ2v) is 6.93. The molecule has 1 nitrogen and oxygen atoms in total. The molecule has 1 fully saturated rings. The summed E-state index contributed by atoms with van der Waals surface area (Å²) in [6.45, 7) is 0. The molecular formula is C13H18OSe. The van der Waals surface area contributed by atoms with Crippen molar-refractivity contribution in [1.29, 1.82) is 0 Å². The van der Waals surface area contributed by atoms with Crippen LogP contribution in [0.25, 0.3) is 0 Å². The molecule has 0 amide bonds. The van der Waals surface area contributed by atoms with Crippen LogP contribution in [-0.4, -0.2) is 26.2 Å². The number of benzene rings is 1. The van der Waals surface area contributed by atoms with Gasteiger partial charge in [0.2, 0.25) is 0 Å². The molecule has 1 saturated carbocycles. The van der Waals surface area contributed by atoms with Crippen LogP contribution in [-0.2, 0) is 0 Å². The minimum absolute atomic E-state index is 0.0484. The van der Waals surface area contributed by atoms with Gasteiger partial charge in [0.1, 0.15) is 0 Å². The predicted molar refractivity (Wildman–Crippen MR) is 64.7 cm³/mol. The van der Waals surface area contributed by atoms with E-state index < -0.39 is 0 Å². The molecule has 0 radical (unpaired) electrons. The van der Waals surface area contributed by atoms with E-state index in [1.165, 1.54) is 30.1 Å². The summed E-state index contributed by atoms with van der Waals surface area (Å²) < 4.78 is 1.43. The van der Waals surface area contributed by atoms with Gasteiger partial charge in [-0.3, -0.25) is 0 Å². The zero-order valence-corrected chi connectivity index (χ0v) is 10.6. The Morgan fingerprint density at radius 2 is 1.73 bits per heavy atom. The second kappa shape index (κ2) is 5.69. The fourth-order valence-electron chi connectivity index (χ4n) is 2.07. The fraction of sp³-hybridized carbons (Fsp3) is 0.538. The molecule has 0 unspecified atom stereocenters. The molecule has 1 aromatic rings. The van der Waals surface area contributed by atoms with Crippen molar-refractivity contribution in [2.75, 3.05) is 0 Å². The topological polar surface area (TPSA) is 20.2 Å². The zero-order valence-electron chi connectivity index (χ0n) is 8.93.